The third-order valence-corrected chi connectivity index (χ3v) is 2.71. The molecule has 3 rings (SSSR count). The average molecular weight is 257 g/mol. The van der Waals surface area contributed by atoms with Crippen LogP contribution in [0.4, 0.5) is 5.69 Å². The highest BCUT2D eigenvalue weighted by molar-refractivity contribution is 5.50. The van der Waals surface area contributed by atoms with E-state index in [9.17, 15) is 4.79 Å². The summed E-state index contributed by atoms with van der Waals surface area (Å²) in [5.41, 5.74) is 7.37. The zero-order valence-corrected chi connectivity index (χ0v) is 10.1. The van der Waals surface area contributed by atoms with Crippen molar-refractivity contribution in [2.75, 3.05) is 5.73 Å². The molecule has 0 radical (unpaired) electrons. The third kappa shape index (κ3) is 2.01. The van der Waals surface area contributed by atoms with Gasteiger partial charge in [0.05, 0.1) is 0 Å². The molecule has 1 aromatic carbocycles. The van der Waals surface area contributed by atoms with Gasteiger partial charge < -0.3 is 10.5 Å². The lowest BCUT2D eigenvalue weighted by molar-refractivity contribution is 0.451. The normalized spacial score (nSPS) is 10.8. The molecule has 7 heteroatoms. The largest absolute Gasteiger partial charge is 0.438 e. The molecule has 0 aliphatic carbocycles. The number of nitrogen functional groups attached to an aromatic ring is 1. The van der Waals surface area contributed by atoms with Crippen LogP contribution in [0.2, 0.25) is 0 Å². The first-order chi connectivity index (χ1) is 9.13. The summed E-state index contributed by atoms with van der Waals surface area (Å²) in [6.45, 7) is 1.89. The quantitative estimate of drug-likeness (QED) is 0.670. The summed E-state index contributed by atoms with van der Waals surface area (Å²) in [6, 6.07) is 8.59. The zero-order chi connectivity index (χ0) is 13.4. The van der Waals surface area contributed by atoms with Gasteiger partial charge in [0.25, 0.3) is 0 Å². The maximum absolute atomic E-state index is 11.4. The van der Waals surface area contributed by atoms with Crippen molar-refractivity contribution in [3.05, 3.63) is 46.4 Å². The van der Waals surface area contributed by atoms with Gasteiger partial charge in [0.1, 0.15) is 5.75 Å². The van der Waals surface area contributed by atoms with Crippen LogP contribution in [-0.4, -0.2) is 19.8 Å². The standard InChI is InChI=1S/C12H11N5O2/c1-7-6-8(2-3-9(7)13)19-11-5-4-10-14-15-12(18)17(10)16-11/h2-6H,13H2,1H3,(H,15,18). The molecule has 0 fully saturated rings. The fourth-order valence-electron chi connectivity index (χ4n) is 1.67. The Morgan fingerprint density at radius 3 is 2.95 bits per heavy atom. The number of rotatable bonds is 2. The second-order valence-electron chi connectivity index (χ2n) is 4.09. The van der Waals surface area contributed by atoms with Crippen LogP contribution in [0, 0.1) is 6.92 Å². The lowest BCUT2D eigenvalue weighted by atomic mass is 10.2. The Kier molecular flexibility index (Phi) is 2.45. The van der Waals surface area contributed by atoms with Gasteiger partial charge in [-0.3, -0.25) is 0 Å². The SMILES string of the molecule is Cc1cc(Oc2ccc3n[nH]c(=O)n3n2)ccc1N. The minimum absolute atomic E-state index is 0.306. The molecule has 0 saturated heterocycles. The number of anilines is 1. The molecule has 3 N–H and O–H groups in total. The lowest BCUT2D eigenvalue weighted by Gasteiger charge is -2.06. The highest BCUT2D eigenvalue weighted by Crippen LogP contribution is 2.23. The number of H-pyrrole nitrogens is 1. The molecule has 0 amide bonds. The third-order valence-electron chi connectivity index (χ3n) is 2.71. The first-order valence-electron chi connectivity index (χ1n) is 5.62. The molecule has 0 spiro atoms. The fraction of sp³-hybridized carbons (Fsp3) is 0.0833. The van der Waals surface area contributed by atoms with Crippen molar-refractivity contribution >= 4 is 11.3 Å². The van der Waals surface area contributed by atoms with Crippen LogP contribution in [-0.2, 0) is 0 Å². The van der Waals surface area contributed by atoms with Gasteiger partial charge in [-0.1, -0.05) is 0 Å². The summed E-state index contributed by atoms with van der Waals surface area (Å²) < 4.78 is 6.72. The van der Waals surface area contributed by atoms with Gasteiger partial charge in [0.15, 0.2) is 5.65 Å². The first kappa shape index (κ1) is 11.3. The van der Waals surface area contributed by atoms with Gasteiger partial charge in [-0.2, -0.15) is 9.61 Å². The van der Waals surface area contributed by atoms with Crippen LogP contribution >= 0.6 is 0 Å². The molecule has 0 saturated carbocycles. The van der Waals surface area contributed by atoms with Crippen LogP contribution < -0.4 is 16.2 Å². The number of hydrogen-bond acceptors (Lipinski definition) is 5. The Bertz CT molecular complexity index is 805. The molecule has 7 nitrogen and oxygen atoms in total. The molecule has 2 heterocycles. The zero-order valence-electron chi connectivity index (χ0n) is 10.1. The Labute approximate surface area is 107 Å². The number of fused-ring (bicyclic) bond motifs is 1. The average Bonchev–Trinajstić information content (AvgIpc) is 2.76. The highest BCUT2D eigenvalue weighted by Gasteiger charge is 2.05. The summed E-state index contributed by atoms with van der Waals surface area (Å²) in [5, 5.41) is 10.1. The minimum atomic E-state index is -0.408. The number of ether oxygens (including phenoxy) is 1. The predicted molar refractivity (Wildman–Crippen MR) is 69.3 cm³/mol. The smallest absolute Gasteiger partial charge is 0.364 e. The van der Waals surface area contributed by atoms with Crippen molar-refractivity contribution in [2.24, 2.45) is 0 Å². The van der Waals surface area contributed by atoms with Crippen molar-refractivity contribution in [3.63, 3.8) is 0 Å². The molecule has 0 aliphatic rings. The van der Waals surface area contributed by atoms with Crippen molar-refractivity contribution in [2.45, 2.75) is 6.92 Å². The minimum Gasteiger partial charge on any atom is -0.438 e. The molecule has 3 aromatic rings. The van der Waals surface area contributed by atoms with Gasteiger partial charge in [-0.25, -0.2) is 9.89 Å². The second-order valence-corrected chi connectivity index (χ2v) is 4.09. The number of nitrogens with zero attached hydrogens (tertiary/aromatic N) is 3. The Morgan fingerprint density at radius 2 is 2.16 bits per heavy atom. The summed E-state index contributed by atoms with van der Waals surface area (Å²) in [5.74, 6) is 0.912. The molecule has 0 unspecified atom stereocenters. The molecule has 0 aliphatic heterocycles. The summed E-state index contributed by atoms with van der Waals surface area (Å²) in [4.78, 5) is 11.4. The molecular weight excluding hydrogens is 246 g/mol. The molecule has 19 heavy (non-hydrogen) atoms. The van der Waals surface area contributed by atoms with Gasteiger partial charge in [-0.05, 0) is 36.8 Å². The van der Waals surface area contributed by atoms with E-state index in [1.165, 1.54) is 0 Å². The number of aromatic amines is 1. The maximum Gasteiger partial charge on any atom is 0.364 e. The number of nitrogens with two attached hydrogens (primary N) is 1. The van der Waals surface area contributed by atoms with Gasteiger partial charge >= 0.3 is 5.69 Å². The molecule has 2 aromatic heterocycles. The van der Waals surface area contributed by atoms with Crippen molar-refractivity contribution in [3.8, 4) is 11.6 Å². The van der Waals surface area contributed by atoms with E-state index < -0.39 is 5.69 Å². The van der Waals surface area contributed by atoms with Gasteiger partial charge in [-0.15, -0.1) is 5.10 Å². The summed E-state index contributed by atoms with van der Waals surface area (Å²) >= 11 is 0. The van der Waals surface area contributed by atoms with Crippen molar-refractivity contribution < 1.29 is 4.74 Å². The van der Waals surface area contributed by atoms with E-state index in [0.29, 0.717) is 23.0 Å². The molecule has 96 valence electrons. The van der Waals surface area contributed by atoms with Crippen LogP contribution in [0.15, 0.2) is 35.1 Å². The number of hydrogen-bond donors (Lipinski definition) is 2. The van der Waals surface area contributed by atoms with E-state index in [2.05, 4.69) is 15.3 Å². The number of benzene rings is 1. The Hall–Kier alpha value is -2.83. The van der Waals surface area contributed by atoms with Gasteiger partial charge in [0.2, 0.25) is 5.88 Å². The molecule has 0 atom stereocenters. The first-order valence-corrected chi connectivity index (χ1v) is 5.62. The number of aromatic nitrogens is 4. The van der Waals surface area contributed by atoms with E-state index in [4.69, 9.17) is 10.5 Å². The van der Waals surface area contributed by atoms with E-state index in [-0.39, 0.29) is 0 Å². The Morgan fingerprint density at radius 1 is 1.32 bits per heavy atom. The maximum atomic E-state index is 11.4. The number of aryl methyl sites for hydroxylation is 1. The second kappa shape index (κ2) is 4.13. The number of nitrogens with one attached hydrogen (secondary N) is 1. The van der Waals surface area contributed by atoms with Crippen molar-refractivity contribution in [1.29, 1.82) is 0 Å². The van der Waals surface area contributed by atoms with Crippen molar-refractivity contribution in [1.82, 2.24) is 19.8 Å². The monoisotopic (exact) mass is 257 g/mol. The predicted octanol–water partition coefficient (Wildman–Crippen LogP) is 1.10. The Balaban J connectivity index is 1.98. The highest BCUT2D eigenvalue weighted by atomic mass is 16.5. The van der Waals surface area contributed by atoms with E-state index in [1.807, 2.05) is 6.92 Å². The summed E-state index contributed by atoms with van der Waals surface area (Å²) in [7, 11) is 0. The summed E-state index contributed by atoms with van der Waals surface area (Å²) in [6.07, 6.45) is 0. The van der Waals surface area contributed by atoms with E-state index >= 15 is 0 Å². The van der Waals surface area contributed by atoms with E-state index in [1.54, 1.807) is 30.3 Å². The van der Waals surface area contributed by atoms with Gasteiger partial charge in [0, 0.05) is 11.8 Å². The fourth-order valence-corrected chi connectivity index (χ4v) is 1.67. The van der Waals surface area contributed by atoms with E-state index in [0.717, 1.165) is 10.1 Å². The molecule has 0 bridgehead atoms. The topological polar surface area (TPSA) is 98.3 Å². The van der Waals surface area contributed by atoms with Crippen LogP contribution in [0.1, 0.15) is 5.56 Å². The molecular formula is C12H11N5O2. The van der Waals surface area contributed by atoms with Crippen LogP contribution in [0.5, 0.6) is 11.6 Å². The lowest BCUT2D eigenvalue weighted by Crippen LogP contribution is -2.12. The van der Waals surface area contributed by atoms with Crippen LogP contribution in [0.25, 0.3) is 5.65 Å². The van der Waals surface area contributed by atoms with Crippen LogP contribution in [0.3, 0.4) is 0 Å².